The second-order valence-electron chi connectivity index (χ2n) is 3.61. The molecular formula is C12H16N2. The summed E-state index contributed by atoms with van der Waals surface area (Å²) in [6.45, 7) is 6.13. The number of hydrogen-bond acceptors (Lipinski definition) is 2. The molecule has 1 N–H and O–H groups in total. The molecule has 0 bridgehead atoms. The molecule has 1 unspecified atom stereocenters. The fraction of sp³-hybridized carbons (Fsp3) is 0.417. The zero-order chi connectivity index (χ0) is 10.6. The summed E-state index contributed by atoms with van der Waals surface area (Å²) in [5, 5.41) is 12.0. The summed E-state index contributed by atoms with van der Waals surface area (Å²) in [4.78, 5) is 0. The van der Waals surface area contributed by atoms with Crippen LogP contribution in [0.25, 0.3) is 0 Å². The van der Waals surface area contributed by atoms with Gasteiger partial charge in [-0.2, -0.15) is 5.26 Å². The molecule has 1 atom stereocenters. The number of aryl methyl sites for hydroxylation is 2. The van der Waals surface area contributed by atoms with E-state index in [1.807, 2.05) is 6.92 Å². The van der Waals surface area contributed by atoms with Crippen LogP contribution < -0.4 is 5.32 Å². The Morgan fingerprint density at radius 1 is 1.29 bits per heavy atom. The van der Waals surface area contributed by atoms with Crippen LogP contribution in [0, 0.1) is 25.2 Å². The van der Waals surface area contributed by atoms with Crippen LogP contribution in [0.3, 0.4) is 0 Å². The van der Waals surface area contributed by atoms with Crippen molar-refractivity contribution in [1.29, 1.82) is 5.26 Å². The molecule has 1 aromatic rings. The van der Waals surface area contributed by atoms with Gasteiger partial charge in [0.1, 0.15) is 6.04 Å². The minimum absolute atomic E-state index is 0.0869. The third kappa shape index (κ3) is 2.77. The van der Waals surface area contributed by atoms with E-state index < -0.39 is 0 Å². The maximum Gasteiger partial charge on any atom is 0.114 e. The molecule has 0 aliphatic heterocycles. The first-order valence-electron chi connectivity index (χ1n) is 4.90. The molecule has 2 nitrogen and oxygen atoms in total. The maximum atomic E-state index is 8.81. The third-order valence-electron chi connectivity index (χ3n) is 2.13. The number of benzene rings is 1. The molecule has 0 spiro atoms. The predicted molar refractivity (Wildman–Crippen MR) is 59.2 cm³/mol. The lowest BCUT2D eigenvalue weighted by Crippen LogP contribution is -2.15. The van der Waals surface area contributed by atoms with E-state index in [-0.39, 0.29) is 6.04 Å². The molecule has 74 valence electrons. The standard InChI is InChI=1S/C12H16N2/c1-4-11(8-13)14-12-6-9(2)5-10(3)7-12/h5-7,11,14H,4H2,1-3H3. The summed E-state index contributed by atoms with van der Waals surface area (Å²) < 4.78 is 0. The lowest BCUT2D eigenvalue weighted by Gasteiger charge is -2.11. The molecule has 0 aromatic heterocycles. The second kappa shape index (κ2) is 4.66. The number of hydrogen-bond donors (Lipinski definition) is 1. The highest BCUT2D eigenvalue weighted by molar-refractivity contribution is 5.49. The monoisotopic (exact) mass is 188 g/mol. The van der Waals surface area contributed by atoms with Gasteiger partial charge in [0.2, 0.25) is 0 Å². The van der Waals surface area contributed by atoms with Crippen LogP contribution in [0.5, 0.6) is 0 Å². The molecule has 0 fully saturated rings. The molecule has 0 saturated heterocycles. The zero-order valence-electron chi connectivity index (χ0n) is 8.96. The van der Waals surface area contributed by atoms with Gasteiger partial charge in [0, 0.05) is 5.69 Å². The van der Waals surface area contributed by atoms with Gasteiger partial charge in [-0.3, -0.25) is 0 Å². The van der Waals surface area contributed by atoms with E-state index in [2.05, 4.69) is 43.4 Å². The summed E-state index contributed by atoms with van der Waals surface area (Å²) in [5.74, 6) is 0. The Hall–Kier alpha value is -1.49. The Bertz CT molecular complexity index is 330. The number of rotatable bonds is 3. The number of nitrogens with zero attached hydrogens (tertiary/aromatic N) is 1. The smallest absolute Gasteiger partial charge is 0.114 e. The van der Waals surface area contributed by atoms with Crippen LogP contribution in [0.1, 0.15) is 24.5 Å². The largest absolute Gasteiger partial charge is 0.370 e. The molecular weight excluding hydrogens is 172 g/mol. The van der Waals surface area contributed by atoms with Crippen LogP contribution in [0.4, 0.5) is 5.69 Å². The predicted octanol–water partition coefficient (Wildman–Crippen LogP) is 3.02. The van der Waals surface area contributed by atoms with Crippen molar-refractivity contribution in [2.45, 2.75) is 33.2 Å². The fourth-order valence-corrected chi connectivity index (χ4v) is 1.48. The van der Waals surface area contributed by atoms with Gasteiger partial charge in [-0.1, -0.05) is 13.0 Å². The van der Waals surface area contributed by atoms with Crippen molar-refractivity contribution >= 4 is 5.69 Å². The van der Waals surface area contributed by atoms with E-state index in [9.17, 15) is 0 Å². The molecule has 14 heavy (non-hydrogen) atoms. The highest BCUT2D eigenvalue weighted by atomic mass is 14.9. The molecule has 2 heteroatoms. The summed E-state index contributed by atoms with van der Waals surface area (Å²) in [6, 6.07) is 8.39. The van der Waals surface area contributed by atoms with Gasteiger partial charge in [0.25, 0.3) is 0 Å². The summed E-state index contributed by atoms with van der Waals surface area (Å²) in [6.07, 6.45) is 0.823. The van der Waals surface area contributed by atoms with Gasteiger partial charge in [-0.25, -0.2) is 0 Å². The van der Waals surface area contributed by atoms with E-state index in [4.69, 9.17) is 5.26 Å². The normalized spacial score (nSPS) is 11.9. The van der Waals surface area contributed by atoms with Crippen molar-refractivity contribution in [3.8, 4) is 6.07 Å². The Balaban J connectivity index is 2.82. The van der Waals surface area contributed by atoms with Crippen LogP contribution in [-0.4, -0.2) is 6.04 Å². The second-order valence-corrected chi connectivity index (χ2v) is 3.61. The van der Waals surface area contributed by atoms with Crippen molar-refractivity contribution in [1.82, 2.24) is 0 Å². The molecule has 0 amide bonds. The number of anilines is 1. The van der Waals surface area contributed by atoms with Crippen LogP contribution in [0.15, 0.2) is 18.2 Å². The summed E-state index contributed by atoms with van der Waals surface area (Å²) in [7, 11) is 0. The van der Waals surface area contributed by atoms with Crippen molar-refractivity contribution < 1.29 is 0 Å². The van der Waals surface area contributed by atoms with E-state index in [0.29, 0.717) is 0 Å². The molecule has 0 aliphatic rings. The zero-order valence-corrected chi connectivity index (χ0v) is 8.96. The average Bonchev–Trinajstić information content (AvgIpc) is 2.12. The van der Waals surface area contributed by atoms with Gasteiger partial charge in [-0.05, 0) is 43.5 Å². The van der Waals surface area contributed by atoms with Crippen molar-refractivity contribution in [3.05, 3.63) is 29.3 Å². The van der Waals surface area contributed by atoms with E-state index >= 15 is 0 Å². The first-order chi connectivity index (χ1) is 6.65. The Morgan fingerprint density at radius 3 is 2.29 bits per heavy atom. The highest BCUT2D eigenvalue weighted by Gasteiger charge is 2.03. The van der Waals surface area contributed by atoms with E-state index in [1.165, 1.54) is 11.1 Å². The highest BCUT2D eigenvalue weighted by Crippen LogP contribution is 2.15. The fourth-order valence-electron chi connectivity index (χ4n) is 1.48. The van der Waals surface area contributed by atoms with Crippen molar-refractivity contribution in [2.24, 2.45) is 0 Å². The topological polar surface area (TPSA) is 35.8 Å². The van der Waals surface area contributed by atoms with Crippen molar-refractivity contribution in [2.75, 3.05) is 5.32 Å². The van der Waals surface area contributed by atoms with Crippen LogP contribution in [0.2, 0.25) is 0 Å². The number of nitrogens with one attached hydrogen (secondary N) is 1. The van der Waals surface area contributed by atoms with Gasteiger partial charge >= 0.3 is 0 Å². The van der Waals surface area contributed by atoms with E-state index in [1.54, 1.807) is 0 Å². The van der Waals surface area contributed by atoms with Crippen molar-refractivity contribution in [3.63, 3.8) is 0 Å². The molecule has 1 rings (SSSR count). The molecule has 0 heterocycles. The minimum Gasteiger partial charge on any atom is -0.370 e. The minimum atomic E-state index is -0.0869. The maximum absolute atomic E-state index is 8.81. The number of nitriles is 1. The van der Waals surface area contributed by atoms with Crippen LogP contribution >= 0.6 is 0 Å². The molecule has 0 radical (unpaired) electrons. The Morgan fingerprint density at radius 2 is 1.86 bits per heavy atom. The average molecular weight is 188 g/mol. The molecule has 0 aliphatic carbocycles. The molecule has 1 aromatic carbocycles. The van der Waals surface area contributed by atoms with Gasteiger partial charge in [-0.15, -0.1) is 0 Å². The third-order valence-corrected chi connectivity index (χ3v) is 2.13. The Kier molecular flexibility index (Phi) is 3.53. The lowest BCUT2D eigenvalue weighted by molar-refractivity contribution is 0.845. The van der Waals surface area contributed by atoms with Crippen LogP contribution in [-0.2, 0) is 0 Å². The SMILES string of the molecule is CCC(C#N)Nc1cc(C)cc(C)c1. The molecule has 0 saturated carbocycles. The van der Waals surface area contributed by atoms with E-state index in [0.717, 1.165) is 12.1 Å². The van der Waals surface area contributed by atoms with Gasteiger partial charge < -0.3 is 5.32 Å². The van der Waals surface area contributed by atoms with Gasteiger partial charge in [0.05, 0.1) is 6.07 Å². The first kappa shape index (κ1) is 10.6. The summed E-state index contributed by atoms with van der Waals surface area (Å²) >= 11 is 0. The lowest BCUT2D eigenvalue weighted by atomic mass is 10.1. The Labute approximate surface area is 85.6 Å². The van der Waals surface area contributed by atoms with Gasteiger partial charge in [0.15, 0.2) is 0 Å². The quantitative estimate of drug-likeness (QED) is 0.791. The summed E-state index contributed by atoms with van der Waals surface area (Å²) in [5.41, 5.74) is 3.48. The first-order valence-corrected chi connectivity index (χ1v) is 4.90.